The molecule has 1 aliphatic rings. The van der Waals surface area contributed by atoms with E-state index in [0.29, 0.717) is 23.9 Å². The topological polar surface area (TPSA) is 63.1 Å². The molecule has 1 heterocycles. The second kappa shape index (κ2) is 5.04. The van der Waals surface area contributed by atoms with Crippen molar-refractivity contribution in [3.63, 3.8) is 0 Å². The summed E-state index contributed by atoms with van der Waals surface area (Å²) in [5, 5.41) is 9.17. The second-order valence-electron chi connectivity index (χ2n) is 5.33. The maximum atomic E-state index is 11.2. The van der Waals surface area contributed by atoms with Crippen LogP contribution < -0.4 is 0 Å². The Labute approximate surface area is 117 Å². The van der Waals surface area contributed by atoms with Crippen molar-refractivity contribution in [1.29, 1.82) is 0 Å². The summed E-state index contributed by atoms with van der Waals surface area (Å²) in [5.74, 6) is 0.0652. The van der Waals surface area contributed by atoms with Crippen LogP contribution in [0.2, 0.25) is 0 Å². The Morgan fingerprint density at radius 3 is 2.60 bits per heavy atom. The van der Waals surface area contributed by atoms with Gasteiger partial charge < -0.3 is 5.11 Å². The molecule has 1 aromatic heterocycles. The largest absolute Gasteiger partial charge is 0.478 e. The van der Waals surface area contributed by atoms with Gasteiger partial charge in [0.05, 0.1) is 11.3 Å². The summed E-state index contributed by atoms with van der Waals surface area (Å²) in [5.41, 5.74) is 3.31. The van der Waals surface area contributed by atoms with E-state index in [9.17, 15) is 9.90 Å². The zero-order valence-electron chi connectivity index (χ0n) is 11.3. The molecule has 3 rings (SSSR count). The minimum atomic E-state index is -0.936. The summed E-state index contributed by atoms with van der Waals surface area (Å²) >= 11 is 0. The molecule has 0 spiro atoms. The van der Waals surface area contributed by atoms with E-state index in [0.717, 1.165) is 18.4 Å². The molecule has 1 aliphatic carbocycles. The van der Waals surface area contributed by atoms with Crippen LogP contribution in [0.1, 0.15) is 51.8 Å². The molecule has 20 heavy (non-hydrogen) atoms. The van der Waals surface area contributed by atoms with Gasteiger partial charge in [-0.3, -0.25) is 0 Å². The highest BCUT2D eigenvalue weighted by atomic mass is 16.4. The smallest absolute Gasteiger partial charge is 0.339 e. The number of nitrogens with zero attached hydrogens (tertiary/aromatic N) is 2. The SMILES string of the molecule is Cc1ccc(Cc2ncc(C(=O)O)c(C3CC3)n2)cc1. The fraction of sp³-hybridized carbons (Fsp3) is 0.312. The molecule has 0 unspecified atom stereocenters. The number of aromatic nitrogens is 2. The molecule has 1 aromatic carbocycles. The van der Waals surface area contributed by atoms with Gasteiger partial charge >= 0.3 is 5.97 Å². The van der Waals surface area contributed by atoms with Crippen molar-refractivity contribution in [1.82, 2.24) is 9.97 Å². The molecule has 0 amide bonds. The first kappa shape index (κ1) is 12.8. The van der Waals surface area contributed by atoms with Crippen LogP contribution >= 0.6 is 0 Å². The van der Waals surface area contributed by atoms with E-state index in [1.54, 1.807) is 0 Å². The first-order valence-electron chi connectivity index (χ1n) is 6.78. The van der Waals surface area contributed by atoms with E-state index in [2.05, 4.69) is 34.2 Å². The third kappa shape index (κ3) is 2.69. The average Bonchev–Trinajstić information content (AvgIpc) is 3.25. The predicted molar refractivity (Wildman–Crippen MR) is 75.0 cm³/mol. The molecule has 0 atom stereocenters. The maximum absolute atomic E-state index is 11.2. The van der Waals surface area contributed by atoms with Crippen molar-refractivity contribution in [2.75, 3.05) is 0 Å². The van der Waals surface area contributed by atoms with Gasteiger partial charge in [0.1, 0.15) is 5.82 Å². The van der Waals surface area contributed by atoms with Crippen LogP contribution in [-0.4, -0.2) is 21.0 Å². The number of carboxylic acid groups (broad SMARTS) is 1. The van der Waals surface area contributed by atoms with Gasteiger partial charge in [0, 0.05) is 18.5 Å². The van der Waals surface area contributed by atoms with E-state index >= 15 is 0 Å². The van der Waals surface area contributed by atoms with Crippen molar-refractivity contribution < 1.29 is 9.90 Å². The first-order chi connectivity index (χ1) is 9.63. The lowest BCUT2D eigenvalue weighted by Crippen LogP contribution is -2.08. The quantitative estimate of drug-likeness (QED) is 0.926. The molecule has 4 heteroatoms. The summed E-state index contributed by atoms with van der Waals surface area (Å²) in [7, 11) is 0. The molecule has 0 saturated heterocycles. The van der Waals surface area contributed by atoms with Crippen LogP contribution in [0, 0.1) is 6.92 Å². The van der Waals surface area contributed by atoms with E-state index in [4.69, 9.17) is 0 Å². The third-order valence-electron chi connectivity index (χ3n) is 3.55. The summed E-state index contributed by atoms with van der Waals surface area (Å²) in [4.78, 5) is 19.9. The van der Waals surface area contributed by atoms with Gasteiger partial charge in [0.2, 0.25) is 0 Å². The van der Waals surface area contributed by atoms with Gasteiger partial charge in [-0.05, 0) is 25.3 Å². The molecule has 0 radical (unpaired) electrons. The Balaban J connectivity index is 1.88. The second-order valence-corrected chi connectivity index (χ2v) is 5.33. The zero-order chi connectivity index (χ0) is 14.1. The fourth-order valence-corrected chi connectivity index (χ4v) is 2.24. The molecular weight excluding hydrogens is 252 g/mol. The van der Waals surface area contributed by atoms with Gasteiger partial charge in [-0.15, -0.1) is 0 Å². The molecule has 0 bridgehead atoms. The fourth-order valence-electron chi connectivity index (χ4n) is 2.24. The first-order valence-corrected chi connectivity index (χ1v) is 6.78. The number of aryl methyl sites for hydroxylation is 1. The molecule has 1 N–H and O–H groups in total. The minimum Gasteiger partial charge on any atom is -0.478 e. The summed E-state index contributed by atoms with van der Waals surface area (Å²) < 4.78 is 0. The highest BCUT2D eigenvalue weighted by Gasteiger charge is 2.30. The number of benzene rings is 1. The predicted octanol–water partition coefficient (Wildman–Crippen LogP) is 2.95. The van der Waals surface area contributed by atoms with Crippen LogP contribution in [0.15, 0.2) is 30.5 Å². The highest BCUT2D eigenvalue weighted by molar-refractivity contribution is 5.88. The van der Waals surface area contributed by atoms with Gasteiger partial charge in [0.15, 0.2) is 0 Å². The summed E-state index contributed by atoms with van der Waals surface area (Å²) in [6, 6.07) is 8.23. The van der Waals surface area contributed by atoms with Crippen LogP contribution in [-0.2, 0) is 6.42 Å². The lowest BCUT2D eigenvalue weighted by molar-refractivity contribution is 0.0694. The Morgan fingerprint density at radius 2 is 2.00 bits per heavy atom. The Bertz CT molecular complexity index is 646. The van der Waals surface area contributed by atoms with Gasteiger partial charge in [-0.25, -0.2) is 14.8 Å². The number of carboxylic acids is 1. The molecule has 4 nitrogen and oxygen atoms in total. The Hall–Kier alpha value is -2.23. The average molecular weight is 268 g/mol. The van der Waals surface area contributed by atoms with Crippen LogP contribution in [0.4, 0.5) is 0 Å². The number of aromatic carboxylic acids is 1. The summed E-state index contributed by atoms with van der Waals surface area (Å²) in [6.07, 6.45) is 4.15. The van der Waals surface area contributed by atoms with Crippen LogP contribution in [0.25, 0.3) is 0 Å². The van der Waals surface area contributed by atoms with Crippen LogP contribution in [0.3, 0.4) is 0 Å². The number of carbonyl (C=O) groups is 1. The number of hydrogen-bond acceptors (Lipinski definition) is 3. The molecule has 2 aromatic rings. The van der Waals surface area contributed by atoms with E-state index in [1.165, 1.54) is 11.8 Å². The maximum Gasteiger partial charge on any atom is 0.339 e. The Kier molecular flexibility index (Phi) is 3.22. The molecule has 102 valence electrons. The summed E-state index contributed by atoms with van der Waals surface area (Å²) in [6.45, 7) is 2.05. The van der Waals surface area contributed by atoms with E-state index < -0.39 is 5.97 Å². The normalized spacial score (nSPS) is 14.2. The number of hydrogen-bond donors (Lipinski definition) is 1. The zero-order valence-corrected chi connectivity index (χ0v) is 11.3. The van der Waals surface area contributed by atoms with Crippen molar-refractivity contribution in [3.05, 3.63) is 58.7 Å². The van der Waals surface area contributed by atoms with Crippen LogP contribution in [0.5, 0.6) is 0 Å². The number of rotatable bonds is 4. The lowest BCUT2D eigenvalue weighted by atomic mass is 10.1. The van der Waals surface area contributed by atoms with E-state index in [-0.39, 0.29) is 5.56 Å². The van der Waals surface area contributed by atoms with Gasteiger partial charge in [-0.2, -0.15) is 0 Å². The molecule has 1 saturated carbocycles. The van der Waals surface area contributed by atoms with Crippen molar-refractivity contribution >= 4 is 5.97 Å². The van der Waals surface area contributed by atoms with E-state index in [1.807, 2.05) is 6.92 Å². The van der Waals surface area contributed by atoms with Gasteiger partial charge in [-0.1, -0.05) is 29.8 Å². The Morgan fingerprint density at radius 1 is 1.30 bits per heavy atom. The van der Waals surface area contributed by atoms with Crippen molar-refractivity contribution in [2.45, 2.75) is 32.1 Å². The van der Waals surface area contributed by atoms with Crippen molar-refractivity contribution in [2.24, 2.45) is 0 Å². The molecular formula is C16H16N2O2. The third-order valence-corrected chi connectivity index (χ3v) is 3.55. The minimum absolute atomic E-state index is 0.250. The molecule has 0 aliphatic heterocycles. The lowest BCUT2D eigenvalue weighted by Gasteiger charge is -2.07. The monoisotopic (exact) mass is 268 g/mol. The standard InChI is InChI=1S/C16H16N2O2/c1-10-2-4-11(5-3-10)8-14-17-9-13(16(19)20)15(18-14)12-6-7-12/h2-5,9,12H,6-8H2,1H3,(H,19,20). The highest BCUT2D eigenvalue weighted by Crippen LogP contribution is 2.40. The van der Waals surface area contributed by atoms with Gasteiger partial charge in [0.25, 0.3) is 0 Å². The molecule has 1 fully saturated rings. The van der Waals surface area contributed by atoms with Crippen molar-refractivity contribution in [3.8, 4) is 0 Å².